The first-order valence-electron chi connectivity index (χ1n) is 10.6. The summed E-state index contributed by atoms with van der Waals surface area (Å²) >= 11 is 0. The highest BCUT2D eigenvalue weighted by atomic mass is 32.2. The van der Waals surface area contributed by atoms with Crippen LogP contribution in [0.4, 0.5) is 8.78 Å². The van der Waals surface area contributed by atoms with Gasteiger partial charge in [-0.05, 0) is 56.0 Å². The lowest BCUT2D eigenvalue weighted by molar-refractivity contribution is 0.290. The molecule has 1 atom stereocenters. The van der Waals surface area contributed by atoms with Crippen molar-refractivity contribution in [2.24, 2.45) is 5.92 Å². The van der Waals surface area contributed by atoms with Gasteiger partial charge in [0.2, 0.25) is 10.0 Å². The van der Waals surface area contributed by atoms with E-state index in [1.165, 1.54) is 10.4 Å². The topological polar surface area (TPSA) is 83.9 Å². The van der Waals surface area contributed by atoms with Gasteiger partial charge in [-0.3, -0.25) is 9.78 Å². The number of sulfonamides is 1. The van der Waals surface area contributed by atoms with Gasteiger partial charge in [0.05, 0.1) is 17.9 Å². The molecule has 3 heterocycles. The molecule has 7 nitrogen and oxygen atoms in total. The molecule has 5 rings (SSSR count). The molecule has 4 aromatic rings. The molecule has 1 N–H and O–H groups in total. The molecule has 2 aromatic carbocycles. The molecule has 172 valence electrons. The molecule has 1 saturated heterocycles. The van der Waals surface area contributed by atoms with Crippen LogP contribution in [0.15, 0.2) is 59.9 Å². The lowest BCUT2D eigenvalue weighted by atomic mass is 9.97. The Balaban J connectivity index is 1.41. The summed E-state index contributed by atoms with van der Waals surface area (Å²) in [6.07, 6.45) is 5.93. The second-order valence-corrected chi connectivity index (χ2v) is 10.9. The van der Waals surface area contributed by atoms with E-state index >= 15 is 0 Å². The Morgan fingerprint density at radius 3 is 2.73 bits per heavy atom. The number of H-pyrrole nitrogens is 1. The zero-order valence-electron chi connectivity index (χ0n) is 18.2. The second kappa shape index (κ2) is 7.74. The number of hydrogen-bond acceptors (Lipinski definition) is 4. The third-order valence-corrected chi connectivity index (χ3v) is 8.37. The van der Waals surface area contributed by atoms with Gasteiger partial charge in [0.1, 0.15) is 4.90 Å². The van der Waals surface area contributed by atoms with E-state index in [4.69, 9.17) is 0 Å². The number of fused-ring (bicyclic) bond motifs is 1. The maximum atomic E-state index is 14.3. The fourth-order valence-corrected chi connectivity index (χ4v) is 6.71. The Morgan fingerprint density at radius 1 is 1.15 bits per heavy atom. The third-order valence-electron chi connectivity index (χ3n) is 6.28. The van der Waals surface area contributed by atoms with Gasteiger partial charge in [0, 0.05) is 35.8 Å². The number of aromatic nitrogens is 4. The van der Waals surface area contributed by atoms with E-state index < -0.39 is 32.1 Å². The average molecular weight is 472 g/mol. The Kier molecular flexibility index (Phi) is 5.09. The number of nitrogens with one attached hydrogen (secondary N) is 1. The molecule has 1 aliphatic heterocycles. The molecule has 2 aromatic heterocycles. The predicted octanol–water partition coefficient (Wildman–Crippen LogP) is 4.19. The van der Waals surface area contributed by atoms with Crippen molar-refractivity contribution >= 4 is 20.9 Å². The van der Waals surface area contributed by atoms with Crippen molar-refractivity contribution in [1.29, 1.82) is 0 Å². The van der Waals surface area contributed by atoms with E-state index in [0.717, 1.165) is 34.2 Å². The summed E-state index contributed by atoms with van der Waals surface area (Å²) in [4.78, 5) is -0.632. The van der Waals surface area contributed by atoms with Crippen LogP contribution in [0.5, 0.6) is 0 Å². The Labute approximate surface area is 190 Å². The molecule has 10 heteroatoms. The van der Waals surface area contributed by atoms with Crippen LogP contribution in [0.2, 0.25) is 0 Å². The molecule has 0 spiro atoms. The van der Waals surface area contributed by atoms with Gasteiger partial charge in [-0.25, -0.2) is 17.2 Å². The zero-order chi connectivity index (χ0) is 23.4. The first-order valence-corrected chi connectivity index (χ1v) is 12.0. The zero-order valence-corrected chi connectivity index (χ0v) is 19.0. The summed E-state index contributed by atoms with van der Waals surface area (Å²) in [7, 11) is -4.20. The van der Waals surface area contributed by atoms with E-state index in [1.54, 1.807) is 26.2 Å². The third kappa shape index (κ3) is 3.72. The van der Waals surface area contributed by atoms with Crippen molar-refractivity contribution in [3.8, 4) is 11.1 Å². The van der Waals surface area contributed by atoms with E-state index in [2.05, 4.69) is 15.3 Å². The Bertz CT molecular complexity index is 1430. The first kappa shape index (κ1) is 21.7. The summed E-state index contributed by atoms with van der Waals surface area (Å²) in [6.45, 7) is 4.32. The number of halogens is 2. The van der Waals surface area contributed by atoms with Crippen molar-refractivity contribution in [3.63, 3.8) is 0 Å². The minimum Gasteiger partial charge on any atom is -0.285 e. The molecule has 0 bridgehead atoms. The Morgan fingerprint density at radius 2 is 1.97 bits per heavy atom. The standard InChI is InChI=1S/C23H23F2N5O2S/c1-23(2)9-15(14-30(23)33(31,32)21-5-3-4-19(24)22(21)25)13-29-20-7-6-16(8-17(20)12-28-29)18-10-26-27-11-18/h3-8,10-12,15H,9,13-14H2,1-2H3,(H,26,27). The minimum absolute atomic E-state index is 0.0388. The molecule has 1 aliphatic rings. The van der Waals surface area contributed by atoms with E-state index in [1.807, 2.05) is 29.1 Å². The van der Waals surface area contributed by atoms with Crippen LogP contribution in [0, 0.1) is 17.6 Å². The van der Waals surface area contributed by atoms with E-state index in [0.29, 0.717) is 13.0 Å². The van der Waals surface area contributed by atoms with Crippen LogP contribution in [-0.4, -0.2) is 44.8 Å². The van der Waals surface area contributed by atoms with Crippen LogP contribution in [0.25, 0.3) is 22.0 Å². The highest BCUT2D eigenvalue weighted by molar-refractivity contribution is 7.89. The predicted molar refractivity (Wildman–Crippen MR) is 120 cm³/mol. The quantitative estimate of drug-likeness (QED) is 0.473. The van der Waals surface area contributed by atoms with Gasteiger partial charge in [0.15, 0.2) is 11.6 Å². The largest absolute Gasteiger partial charge is 0.285 e. The monoisotopic (exact) mass is 471 g/mol. The maximum Gasteiger partial charge on any atom is 0.246 e. The van der Waals surface area contributed by atoms with Gasteiger partial charge in [-0.2, -0.15) is 14.5 Å². The molecule has 0 radical (unpaired) electrons. The van der Waals surface area contributed by atoms with E-state index in [-0.39, 0.29) is 12.5 Å². The summed E-state index contributed by atoms with van der Waals surface area (Å²) in [6, 6.07) is 9.24. The van der Waals surface area contributed by atoms with Gasteiger partial charge >= 0.3 is 0 Å². The van der Waals surface area contributed by atoms with Crippen molar-refractivity contribution in [3.05, 3.63) is 66.6 Å². The molecular formula is C23H23F2N5O2S. The highest BCUT2D eigenvalue weighted by Gasteiger charge is 2.46. The van der Waals surface area contributed by atoms with Gasteiger partial charge in [-0.15, -0.1) is 0 Å². The summed E-state index contributed by atoms with van der Waals surface area (Å²) in [5.74, 6) is -2.56. The van der Waals surface area contributed by atoms with Crippen molar-refractivity contribution in [2.75, 3.05) is 6.54 Å². The maximum absolute atomic E-state index is 14.3. The second-order valence-electron chi connectivity index (χ2n) is 9.06. The number of nitrogens with zero attached hydrogens (tertiary/aromatic N) is 4. The molecule has 1 unspecified atom stereocenters. The lowest BCUT2D eigenvalue weighted by Gasteiger charge is -2.30. The van der Waals surface area contributed by atoms with Crippen molar-refractivity contribution in [1.82, 2.24) is 24.3 Å². The average Bonchev–Trinajstić information content (AvgIpc) is 3.49. The summed E-state index contributed by atoms with van der Waals surface area (Å²) in [5.41, 5.74) is 2.19. The Hall–Kier alpha value is -3.11. The van der Waals surface area contributed by atoms with Gasteiger partial charge in [-0.1, -0.05) is 12.1 Å². The fourth-order valence-electron chi connectivity index (χ4n) is 4.77. The first-order chi connectivity index (χ1) is 15.7. The molecular weight excluding hydrogens is 448 g/mol. The fraction of sp³-hybridized carbons (Fsp3) is 0.304. The van der Waals surface area contributed by atoms with Crippen LogP contribution >= 0.6 is 0 Å². The molecule has 1 fully saturated rings. The van der Waals surface area contributed by atoms with Crippen LogP contribution < -0.4 is 0 Å². The van der Waals surface area contributed by atoms with Crippen molar-refractivity contribution < 1.29 is 17.2 Å². The number of hydrogen-bond donors (Lipinski definition) is 1. The van der Waals surface area contributed by atoms with Crippen molar-refractivity contribution in [2.45, 2.75) is 37.2 Å². The van der Waals surface area contributed by atoms with Crippen LogP contribution in [0.3, 0.4) is 0 Å². The molecule has 0 amide bonds. The number of rotatable bonds is 5. The van der Waals surface area contributed by atoms with Gasteiger partial charge < -0.3 is 0 Å². The SMILES string of the molecule is CC1(C)CC(Cn2ncc3cc(-c4cn[nH]c4)ccc32)CN1S(=O)(=O)c1cccc(F)c1F. The minimum atomic E-state index is -4.20. The number of aromatic amines is 1. The summed E-state index contributed by atoms with van der Waals surface area (Å²) < 4.78 is 57.6. The number of benzene rings is 2. The van der Waals surface area contributed by atoms with Gasteiger partial charge in [0.25, 0.3) is 0 Å². The smallest absolute Gasteiger partial charge is 0.246 e. The summed E-state index contributed by atoms with van der Waals surface area (Å²) in [5, 5.41) is 12.3. The molecule has 33 heavy (non-hydrogen) atoms. The molecule has 0 aliphatic carbocycles. The van der Waals surface area contributed by atoms with Crippen LogP contribution in [0.1, 0.15) is 20.3 Å². The highest BCUT2D eigenvalue weighted by Crippen LogP contribution is 2.39. The lowest BCUT2D eigenvalue weighted by Crippen LogP contribution is -2.42. The van der Waals surface area contributed by atoms with E-state index in [9.17, 15) is 17.2 Å². The van der Waals surface area contributed by atoms with Crippen LogP contribution in [-0.2, 0) is 16.6 Å². The molecule has 0 saturated carbocycles. The normalized spacial score (nSPS) is 18.8.